The number of fused-ring (bicyclic) bond motifs is 1. The van der Waals surface area contributed by atoms with E-state index in [4.69, 9.17) is 27.9 Å². The molecular weight excluding hydrogens is 568 g/mol. The predicted octanol–water partition coefficient (Wildman–Crippen LogP) is 6.68. The molecule has 0 unspecified atom stereocenters. The molecule has 0 bridgehead atoms. The van der Waals surface area contributed by atoms with Crippen LogP contribution in [-0.4, -0.2) is 29.3 Å². The van der Waals surface area contributed by atoms with Gasteiger partial charge in [-0.2, -0.15) is 13.2 Å². The summed E-state index contributed by atoms with van der Waals surface area (Å²) in [5.41, 5.74) is -0.469. The molecule has 1 N–H and O–H groups in total. The number of piperidine rings is 1. The molecule has 1 fully saturated rings. The van der Waals surface area contributed by atoms with Crippen molar-refractivity contribution in [2.24, 2.45) is 11.3 Å². The fraction of sp³-hybridized carbons (Fsp3) is 0.414. The molecular formula is C29H29Cl2F3N2O4. The quantitative estimate of drug-likeness (QED) is 0.345. The number of ether oxygens (including phenoxy) is 1. The lowest BCUT2D eigenvalue weighted by Gasteiger charge is -2.48. The normalized spacial score (nSPS) is 20.9. The van der Waals surface area contributed by atoms with Crippen molar-refractivity contribution in [3.8, 4) is 0 Å². The number of alkyl halides is 3. The van der Waals surface area contributed by atoms with Crippen LogP contribution in [0.1, 0.15) is 55.7 Å². The summed E-state index contributed by atoms with van der Waals surface area (Å²) in [5.74, 6) is -2.15. The third kappa shape index (κ3) is 6.47. The summed E-state index contributed by atoms with van der Waals surface area (Å²) in [4.78, 5) is 41.7. The Balaban J connectivity index is 1.58. The first-order chi connectivity index (χ1) is 18.9. The summed E-state index contributed by atoms with van der Waals surface area (Å²) in [6, 6.07) is 9.61. The van der Waals surface area contributed by atoms with Crippen LogP contribution in [0, 0.1) is 11.3 Å². The summed E-state index contributed by atoms with van der Waals surface area (Å²) >= 11 is 12.5. The number of halogens is 5. The summed E-state index contributed by atoms with van der Waals surface area (Å²) < 4.78 is 44.6. The van der Waals surface area contributed by atoms with Crippen LogP contribution in [0.3, 0.4) is 0 Å². The van der Waals surface area contributed by atoms with Gasteiger partial charge < -0.3 is 15.0 Å². The third-order valence-corrected chi connectivity index (χ3v) is 7.91. The number of likely N-dealkylation sites (tertiary alicyclic amines) is 1. The molecule has 2 amide bonds. The number of carbonyl (C=O) groups is 3. The van der Waals surface area contributed by atoms with Crippen molar-refractivity contribution in [1.29, 1.82) is 0 Å². The van der Waals surface area contributed by atoms with Gasteiger partial charge in [0.1, 0.15) is 5.41 Å². The van der Waals surface area contributed by atoms with Crippen LogP contribution in [0.5, 0.6) is 0 Å². The van der Waals surface area contributed by atoms with E-state index in [2.05, 4.69) is 5.32 Å². The molecule has 11 heteroatoms. The smallest absolute Gasteiger partial charge is 0.416 e. The monoisotopic (exact) mass is 596 g/mol. The van der Waals surface area contributed by atoms with Gasteiger partial charge in [0.25, 0.3) is 0 Å². The van der Waals surface area contributed by atoms with Gasteiger partial charge in [0.15, 0.2) is 0 Å². The lowest BCUT2D eigenvalue weighted by atomic mass is 9.66. The van der Waals surface area contributed by atoms with E-state index in [1.54, 1.807) is 25.1 Å². The predicted molar refractivity (Wildman–Crippen MR) is 144 cm³/mol. The number of benzene rings is 2. The largest absolute Gasteiger partial charge is 0.465 e. The van der Waals surface area contributed by atoms with Gasteiger partial charge in [-0.15, -0.1) is 0 Å². The van der Waals surface area contributed by atoms with E-state index in [1.165, 1.54) is 17.0 Å². The van der Waals surface area contributed by atoms with Crippen LogP contribution in [0.15, 0.2) is 54.2 Å². The number of rotatable bonds is 8. The maximum atomic E-state index is 13.8. The van der Waals surface area contributed by atoms with E-state index in [0.717, 1.165) is 12.1 Å². The summed E-state index contributed by atoms with van der Waals surface area (Å²) in [5, 5.41) is 3.42. The molecule has 2 aromatic rings. The maximum Gasteiger partial charge on any atom is 0.416 e. The molecule has 4 rings (SSSR count). The van der Waals surface area contributed by atoms with Crippen LogP contribution >= 0.6 is 23.2 Å². The molecule has 2 aliphatic rings. The molecule has 0 aromatic heterocycles. The van der Waals surface area contributed by atoms with Crippen molar-refractivity contribution >= 4 is 41.0 Å². The highest BCUT2D eigenvalue weighted by Crippen LogP contribution is 2.50. The van der Waals surface area contributed by atoms with Crippen molar-refractivity contribution < 1.29 is 32.3 Å². The molecule has 40 heavy (non-hydrogen) atoms. The number of nitrogens with one attached hydrogen (secondary N) is 1. The van der Waals surface area contributed by atoms with Crippen LogP contribution < -0.4 is 5.32 Å². The lowest BCUT2D eigenvalue weighted by molar-refractivity contribution is -0.162. The molecule has 1 aliphatic carbocycles. The summed E-state index contributed by atoms with van der Waals surface area (Å²) in [7, 11) is 0. The number of hydrogen-bond acceptors (Lipinski definition) is 4. The Bertz CT molecular complexity index is 1330. The zero-order valence-electron chi connectivity index (χ0n) is 21.8. The highest BCUT2D eigenvalue weighted by atomic mass is 35.5. The average Bonchev–Trinajstić information content (AvgIpc) is 2.91. The van der Waals surface area contributed by atoms with Crippen molar-refractivity contribution in [3.05, 3.63) is 81.0 Å². The minimum Gasteiger partial charge on any atom is -0.465 e. The first-order valence-corrected chi connectivity index (χ1v) is 13.8. The Morgan fingerprint density at radius 1 is 1.18 bits per heavy atom. The highest BCUT2D eigenvalue weighted by molar-refractivity contribution is 6.35. The number of allylic oxidation sites excluding steroid dienone is 1. The number of esters is 1. The van der Waals surface area contributed by atoms with Gasteiger partial charge in [-0.05, 0) is 68.0 Å². The van der Waals surface area contributed by atoms with Crippen LogP contribution in [0.2, 0.25) is 10.0 Å². The van der Waals surface area contributed by atoms with E-state index < -0.39 is 34.9 Å². The van der Waals surface area contributed by atoms with Crippen LogP contribution in [0.25, 0.3) is 0 Å². The Morgan fingerprint density at radius 3 is 2.65 bits per heavy atom. The summed E-state index contributed by atoms with van der Waals surface area (Å²) in [6.45, 7) is 1.80. The van der Waals surface area contributed by atoms with Crippen LogP contribution in [0.4, 0.5) is 13.2 Å². The van der Waals surface area contributed by atoms with E-state index in [9.17, 15) is 27.6 Å². The molecule has 1 aliphatic heterocycles. The average molecular weight is 597 g/mol. The molecule has 2 atom stereocenters. The number of nitrogens with zero attached hydrogens (tertiary/aromatic N) is 1. The van der Waals surface area contributed by atoms with Gasteiger partial charge in [0.2, 0.25) is 11.8 Å². The van der Waals surface area contributed by atoms with Gasteiger partial charge in [-0.3, -0.25) is 14.4 Å². The van der Waals surface area contributed by atoms with Gasteiger partial charge in [0, 0.05) is 34.6 Å². The molecule has 1 saturated heterocycles. The first-order valence-electron chi connectivity index (χ1n) is 13.0. The molecule has 0 spiro atoms. The fourth-order valence-corrected chi connectivity index (χ4v) is 5.91. The standard InChI is InChI=1S/C29H29Cl2F3N2O4/c1-2-40-27(39)28-11-4-3-8-24(28)36(17-19-9-10-22(30)14-23(19)31)26(38)20(15-28)13-25(37)35-16-18-6-5-7-21(12-18)29(32,33)34/h5-10,12,14,20H,2-4,11,13,15-17H2,1H3,(H,35,37)/t20-,28+/m1/s1. The van der Waals surface area contributed by atoms with E-state index in [-0.39, 0.29) is 44.0 Å². The third-order valence-electron chi connectivity index (χ3n) is 7.32. The molecule has 0 radical (unpaired) electrons. The SMILES string of the molecule is CCOC(=O)[C@]12CCCC=C1N(Cc1ccc(Cl)cc1Cl)C(=O)[C@H](CC(=O)NCc1cccc(C(F)(F)F)c1)C2. The number of carbonyl (C=O) groups excluding carboxylic acids is 3. The highest BCUT2D eigenvalue weighted by Gasteiger charge is 2.54. The second kappa shape index (κ2) is 12.2. The zero-order valence-corrected chi connectivity index (χ0v) is 23.3. The van der Waals surface area contributed by atoms with Crippen LogP contribution in [-0.2, 0) is 38.4 Å². The Hall–Kier alpha value is -3.04. The van der Waals surface area contributed by atoms with Crippen molar-refractivity contribution in [1.82, 2.24) is 10.2 Å². The van der Waals surface area contributed by atoms with E-state index in [1.807, 2.05) is 6.08 Å². The van der Waals surface area contributed by atoms with Gasteiger partial charge >= 0.3 is 12.1 Å². The minimum atomic E-state index is -4.50. The number of amides is 2. The second-order valence-electron chi connectivity index (χ2n) is 10.0. The van der Waals surface area contributed by atoms with Crippen molar-refractivity contribution in [3.63, 3.8) is 0 Å². The van der Waals surface area contributed by atoms with E-state index >= 15 is 0 Å². The van der Waals surface area contributed by atoms with Gasteiger partial charge in [-0.1, -0.05) is 47.5 Å². The van der Waals surface area contributed by atoms with Crippen molar-refractivity contribution in [2.75, 3.05) is 6.61 Å². The first kappa shape index (κ1) is 29.9. The number of hydrogen-bond donors (Lipinski definition) is 1. The molecule has 0 saturated carbocycles. The summed E-state index contributed by atoms with van der Waals surface area (Å²) in [6.07, 6.45) is -0.922. The fourth-order valence-electron chi connectivity index (χ4n) is 5.44. The zero-order chi connectivity index (χ0) is 29.1. The van der Waals surface area contributed by atoms with Gasteiger partial charge in [0.05, 0.1) is 18.7 Å². The Kier molecular flexibility index (Phi) is 9.15. The minimum absolute atomic E-state index is 0.0736. The second-order valence-corrected chi connectivity index (χ2v) is 10.9. The Labute approximate surface area is 240 Å². The maximum absolute atomic E-state index is 13.8. The molecule has 1 heterocycles. The van der Waals surface area contributed by atoms with Crippen molar-refractivity contribution in [2.45, 2.75) is 58.3 Å². The van der Waals surface area contributed by atoms with E-state index in [0.29, 0.717) is 40.6 Å². The topological polar surface area (TPSA) is 75.7 Å². The molecule has 214 valence electrons. The van der Waals surface area contributed by atoms with Gasteiger partial charge in [-0.25, -0.2) is 0 Å². The lowest BCUT2D eigenvalue weighted by Crippen LogP contribution is -2.54. The molecule has 6 nitrogen and oxygen atoms in total. The molecule has 2 aromatic carbocycles. The Morgan fingerprint density at radius 2 is 1.95 bits per heavy atom.